The molecule has 0 aliphatic carbocycles. The fraction of sp³-hybridized carbons (Fsp3) is 0.500. The first kappa shape index (κ1) is 5.73. The third-order valence-electron chi connectivity index (χ3n) is 1.71. The Kier molecular flexibility index (Phi) is 1.14. The number of nitrogens with one attached hydrogen (secondary N) is 2. The molecule has 4 nitrogen and oxygen atoms in total. The molecule has 1 aliphatic rings. The van der Waals surface area contributed by atoms with Gasteiger partial charge >= 0.3 is 0 Å². The van der Waals surface area contributed by atoms with Crippen molar-refractivity contribution >= 4 is 0 Å². The Labute approximate surface area is 57.2 Å². The number of rotatable bonds is 1. The molecule has 0 spiro atoms. The molecule has 10 heavy (non-hydrogen) atoms. The van der Waals surface area contributed by atoms with Crippen LogP contribution in [0.25, 0.3) is 0 Å². The molecule has 0 saturated carbocycles. The van der Waals surface area contributed by atoms with E-state index in [1.54, 1.807) is 0 Å². The van der Waals surface area contributed by atoms with Crippen molar-refractivity contribution in [2.45, 2.75) is 12.5 Å². The highest BCUT2D eigenvalue weighted by molar-refractivity contribution is 5.04. The molecular weight excluding hydrogens is 132 g/mol. The fourth-order valence-corrected chi connectivity index (χ4v) is 1.00. The quantitative estimate of drug-likeness (QED) is 0.577. The van der Waals surface area contributed by atoms with E-state index in [1.807, 2.05) is 0 Å². The van der Waals surface area contributed by atoms with E-state index in [2.05, 4.69) is 10.5 Å². The van der Waals surface area contributed by atoms with Crippen LogP contribution in [0.3, 0.4) is 0 Å². The Balaban J connectivity index is 2.25. The van der Waals surface area contributed by atoms with E-state index >= 15 is 0 Å². The van der Waals surface area contributed by atoms with Gasteiger partial charge in [0.05, 0.1) is 6.04 Å². The second kappa shape index (κ2) is 1.98. The first-order chi connectivity index (χ1) is 4.86. The number of aromatic amines is 1. The van der Waals surface area contributed by atoms with E-state index in [9.17, 15) is 4.79 Å². The molecule has 0 amide bonds. The number of aromatic nitrogens is 1. The standard InChI is InChI=1S/C6H8N2O2/c9-6-3-5(10-8-6)4-1-2-7-4/h3-4,7H,1-2H2,(H,8,9). The second-order valence-corrected chi connectivity index (χ2v) is 2.41. The molecule has 2 rings (SSSR count). The van der Waals surface area contributed by atoms with E-state index < -0.39 is 0 Å². The van der Waals surface area contributed by atoms with Crippen LogP contribution < -0.4 is 10.9 Å². The Morgan fingerprint density at radius 2 is 2.50 bits per heavy atom. The van der Waals surface area contributed by atoms with Gasteiger partial charge in [-0.2, -0.15) is 5.16 Å². The lowest BCUT2D eigenvalue weighted by Crippen LogP contribution is -2.34. The third-order valence-corrected chi connectivity index (χ3v) is 1.71. The van der Waals surface area contributed by atoms with E-state index in [-0.39, 0.29) is 11.6 Å². The van der Waals surface area contributed by atoms with Crippen LogP contribution in [-0.2, 0) is 0 Å². The van der Waals surface area contributed by atoms with Crippen molar-refractivity contribution in [2.75, 3.05) is 6.54 Å². The number of H-pyrrole nitrogens is 1. The van der Waals surface area contributed by atoms with Crippen LogP contribution in [0.4, 0.5) is 0 Å². The third kappa shape index (κ3) is 0.769. The van der Waals surface area contributed by atoms with Gasteiger partial charge in [0, 0.05) is 6.07 Å². The van der Waals surface area contributed by atoms with Gasteiger partial charge in [-0.3, -0.25) is 4.79 Å². The van der Waals surface area contributed by atoms with Crippen molar-refractivity contribution in [3.8, 4) is 0 Å². The lowest BCUT2D eigenvalue weighted by molar-refractivity contribution is 0.280. The smallest absolute Gasteiger partial charge is 0.280 e. The van der Waals surface area contributed by atoms with Crippen LogP contribution in [0, 0.1) is 0 Å². The number of hydrogen-bond donors (Lipinski definition) is 2. The molecule has 1 saturated heterocycles. The zero-order chi connectivity index (χ0) is 6.97. The van der Waals surface area contributed by atoms with Gasteiger partial charge in [-0.1, -0.05) is 0 Å². The summed E-state index contributed by atoms with van der Waals surface area (Å²) in [6, 6.07) is 1.75. The monoisotopic (exact) mass is 140 g/mol. The van der Waals surface area contributed by atoms with Crippen LogP contribution in [0.15, 0.2) is 15.4 Å². The molecule has 1 unspecified atom stereocenters. The highest BCUT2D eigenvalue weighted by Gasteiger charge is 2.21. The summed E-state index contributed by atoms with van der Waals surface area (Å²) in [4.78, 5) is 10.6. The van der Waals surface area contributed by atoms with Crippen molar-refractivity contribution in [1.29, 1.82) is 0 Å². The molecule has 2 N–H and O–H groups in total. The molecule has 4 heteroatoms. The summed E-state index contributed by atoms with van der Waals surface area (Å²) >= 11 is 0. The predicted molar refractivity (Wildman–Crippen MR) is 34.7 cm³/mol. The van der Waals surface area contributed by atoms with Crippen LogP contribution >= 0.6 is 0 Å². The van der Waals surface area contributed by atoms with E-state index in [0.29, 0.717) is 0 Å². The topological polar surface area (TPSA) is 58.0 Å². The minimum Gasteiger partial charge on any atom is -0.382 e. The minimum absolute atomic E-state index is 0.163. The van der Waals surface area contributed by atoms with Gasteiger partial charge in [0.25, 0.3) is 5.56 Å². The van der Waals surface area contributed by atoms with E-state index in [0.717, 1.165) is 18.7 Å². The van der Waals surface area contributed by atoms with Gasteiger partial charge in [0.1, 0.15) is 0 Å². The van der Waals surface area contributed by atoms with Gasteiger partial charge in [0.2, 0.25) is 0 Å². The fourth-order valence-electron chi connectivity index (χ4n) is 1.00. The van der Waals surface area contributed by atoms with Crippen molar-refractivity contribution in [3.05, 3.63) is 22.2 Å². The molecular formula is C6H8N2O2. The first-order valence-electron chi connectivity index (χ1n) is 3.28. The normalized spacial score (nSPS) is 24.2. The second-order valence-electron chi connectivity index (χ2n) is 2.41. The maximum atomic E-state index is 10.6. The van der Waals surface area contributed by atoms with Gasteiger partial charge in [-0.15, -0.1) is 0 Å². The zero-order valence-corrected chi connectivity index (χ0v) is 5.39. The number of hydrogen-bond acceptors (Lipinski definition) is 3. The summed E-state index contributed by atoms with van der Waals surface area (Å²) in [6.45, 7) is 1.01. The van der Waals surface area contributed by atoms with E-state index in [1.165, 1.54) is 6.07 Å². The summed E-state index contributed by atoms with van der Waals surface area (Å²) < 4.78 is 4.87. The Morgan fingerprint density at radius 3 is 2.90 bits per heavy atom. The SMILES string of the molecule is O=c1cc(C2CCN2)o[nH]1. The molecule has 54 valence electrons. The Bertz CT molecular complexity index is 271. The van der Waals surface area contributed by atoms with E-state index in [4.69, 9.17) is 4.52 Å². The highest BCUT2D eigenvalue weighted by atomic mass is 16.5. The minimum atomic E-state index is -0.163. The summed E-state index contributed by atoms with van der Waals surface area (Å²) in [5.74, 6) is 0.719. The lowest BCUT2D eigenvalue weighted by atomic mass is 10.1. The van der Waals surface area contributed by atoms with Gasteiger partial charge < -0.3 is 9.84 Å². The maximum absolute atomic E-state index is 10.6. The van der Waals surface area contributed by atoms with Crippen LogP contribution in [0.1, 0.15) is 18.2 Å². The van der Waals surface area contributed by atoms with Crippen LogP contribution in [-0.4, -0.2) is 11.7 Å². The molecule has 2 heterocycles. The highest BCUT2D eigenvalue weighted by Crippen LogP contribution is 2.20. The van der Waals surface area contributed by atoms with Crippen molar-refractivity contribution in [3.63, 3.8) is 0 Å². The molecule has 1 fully saturated rings. The summed E-state index contributed by atoms with van der Waals surface area (Å²) in [5.41, 5.74) is -0.163. The van der Waals surface area contributed by atoms with Crippen molar-refractivity contribution in [1.82, 2.24) is 10.5 Å². The summed E-state index contributed by atoms with van der Waals surface area (Å²) in [6.07, 6.45) is 1.06. The average Bonchev–Trinajstić information content (AvgIpc) is 2.10. The lowest BCUT2D eigenvalue weighted by Gasteiger charge is -2.24. The molecule has 1 aromatic rings. The van der Waals surface area contributed by atoms with Crippen LogP contribution in [0.5, 0.6) is 0 Å². The molecule has 0 aromatic carbocycles. The first-order valence-corrected chi connectivity index (χ1v) is 3.28. The van der Waals surface area contributed by atoms with Gasteiger partial charge in [-0.25, -0.2) is 0 Å². The summed E-state index contributed by atoms with van der Waals surface area (Å²) in [7, 11) is 0. The molecule has 0 radical (unpaired) electrons. The van der Waals surface area contributed by atoms with Crippen LogP contribution in [0.2, 0.25) is 0 Å². The molecule has 1 aromatic heterocycles. The molecule has 1 atom stereocenters. The maximum Gasteiger partial charge on any atom is 0.280 e. The Morgan fingerprint density at radius 1 is 1.70 bits per heavy atom. The molecule has 0 bridgehead atoms. The Hall–Kier alpha value is -1.03. The zero-order valence-electron chi connectivity index (χ0n) is 5.39. The average molecular weight is 140 g/mol. The summed E-state index contributed by atoms with van der Waals surface area (Å²) in [5, 5.41) is 5.37. The van der Waals surface area contributed by atoms with Crippen molar-refractivity contribution in [2.24, 2.45) is 0 Å². The largest absolute Gasteiger partial charge is 0.382 e. The van der Waals surface area contributed by atoms with Gasteiger partial charge in [0.15, 0.2) is 5.76 Å². The van der Waals surface area contributed by atoms with Crippen molar-refractivity contribution < 1.29 is 4.52 Å². The van der Waals surface area contributed by atoms with Gasteiger partial charge in [-0.05, 0) is 13.0 Å². The predicted octanol–water partition coefficient (Wildman–Crippen LogP) is 0.00230. The molecule has 1 aliphatic heterocycles.